The van der Waals surface area contributed by atoms with E-state index in [1.54, 1.807) is 0 Å². The first kappa shape index (κ1) is 16.0. The van der Waals surface area contributed by atoms with Gasteiger partial charge in [0, 0.05) is 25.3 Å². The Kier molecular flexibility index (Phi) is 7.57. The molecule has 1 N–H and O–H groups in total. The summed E-state index contributed by atoms with van der Waals surface area (Å²) in [5, 5.41) is 3.48. The van der Waals surface area contributed by atoms with Crippen molar-refractivity contribution in [3.05, 3.63) is 29.8 Å². The maximum atomic E-state index is 3.48. The molecule has 0 spiro atoms. The molecule has 0 saturated carbocycles. The lowest BCUT2D eigenvalue weighted by atomic mass is 10.1. The largest absolute Gasteiger partial charge is 0.372 e. The molecule has 0 unspecified atom stereocenters. The van der Waals surface area contributed by atoms with E-state index in [2.05, 4.69) is 62.2 Å². The fraction of sp³-hybridized carbons (Fsp3) is 0.647. The van der Waals surface area contributed by atoms with Crippen LogP contribution in [0.25, 0.3) is 0 Å². The van der Waals surface area contributed by atoms with E-state index >= 15 is 0 Å². The maximum Gasteiger partial charge on any atom is 0.0366 e. The van der Waals surface area contributed by atoms with Gasteiger partial charge >= 0.3 is 0 Å². The van der Waals surface area contributed by atoms with E-state index in [1.165, 1.54) is 24.1 Å². The summed E-state index contributed by atoms with van der Waals surface area (Å²) in [5.41, 5.74) is 2.72. The predicted octanol–water partition coefficient (Wildman–Crippen LogP) is 4.06. The van der Waals surface area contributed by atoms with Gasteiger partial charge in [0.05, 0.1) is 0 Å². The molecule has 1 aromatic rings. The van der Waals surface area contributed by atoms with Crippen LogP contribution in [0.1, 0.15) is 46.1 Å². The molecule has 0 radical (unpaired) electrons. The second kappa shape index (κ2) is 8.98. The van der Waals surface area contributed by atoms with Crippen LogP contribution in [-0.2, 0) is 6.54 Å². The molecular formula is C17H30N2. The van der Waals surface area contributed by atoms with E-state index < -0.39 is 0 Å². The highest BCUT2D eigenvalue weighted by molar-refractivity contribution is 5.47. The van der Waals surface area contributed by atoms with E-state index in [0.717, 1.165) is 26.2 Å². The van der Waals surface area contributed by atoms with E-state index in [-0.39, 0.29) is 0 Å². The molecule has 19 heavy (non-hydrogen) atoms. The predicted molar refractivity (Wildman–Crippen MR) is 85.8 cm³/mol. The summed E-state index contributed by atoms with van der Waals surface area (Å²) < 4.78 is 0. The van der Waals surface area contributed by atoms with Crippen molar-refractivity contribution >= 4 is 5.69 Å². The van der Waals surface area contributed by atoms with E-state index in [9.17, 15) is 0 Å². The van der Waals surface area contributed by atoms with Gasteiger partial charge in [0.1, 0.15) is 0 Å². The zero-order valence-electron chi connectivity index (χ0n) is 13.1. The highest BCUT2D eigenvalue weighted by atomic mass is 15.1. The van der Waals surface area contributed by atoms with Gasteiger partial charge < -0.3 is 10.2 Å². The van der Waals surface area contributed by atoms with Gasteiger partial charge in [0.15, 0.2) is 0 Å². The van der Waals surface area contributed by atoms with Gasteiger partial charge in [-0.15, -0.1) is 0 Å². The van der Waals surface area contributed by atoms with Gasteiger partial charge in [-0.2, -0.15) is 0 Å². The van der Waals surface area contributed by atoms with Crippen molar-refractivity contribution < 1.29 is 0 Å². The van der Waals surface area contributed by atoms with Crippen molar-refractivity contribution in [2.45, 2.75) is 47.1 Å². The Hall–Kier alpha value is -1.02. The van der Waals surface area contributed by atoms with Gasteiger partial charge in [0.2, 0.25) is 0 Å². The molecule has 0 aliphatic heterocycles. The Labute approximate surface area is 119 Å². The summed E-state index contributed by atoms with van der Waals surface area (Å²) in [4.78, 5) is 2.45. The van der Waals surface area contributed by atoms with Gasteiger partial charge in [-0.1, -0.05) is 39.3 Å². The molecule has 0 amide bonds. The molecule has 0 atom stereocenters. The summed E-state index contributed by atoms with van der Waals surface area (Å²) in [6.45, 7) is 13.3. The number of nitrogens with zero attached hydrogens (tertiary/aromatic N) is 1. The van der Waals surface area contributed by atoms with Crippen LogP contribution in [0.15, 0.2) is 24.3 Å². The third-order valence-electron chi connectivity index (χ3n) is 3.35. The van der Waals surface area contributed by atoms with Crippen molar-refractivity contribution in [2.24, 2.45) is 5.92 Å². The van der Waals surface area contributed by atoms with Crippen LogP contribution >= 0.6 is 0 Å². The molecule has 0 aromatic heterocycles. The normalized spacial score (nSPS) is 11.0. The SMILES string of the molecule is CCCCN(CC)c1ccc(CNCC(C)C)cc1. The Balaban J connectivity index is 2.49. The van der Waals surface area contributed by atoms with E-state index in [4.69, 9.17) is 0 Å². The number of nitrogens with one attached hydrogen (secondary N) is 1. The second-order valence-electron chi connectivity index (χ2n) is 5.62. The van der Waals surface area contributed by atoms with Gasteiger partial charge in [-0.05, 0) is 43.5 Å². The van der Waals surface area contributed by atoms with Crippen molar-refractivity contribution in [1.82, 2.24) is 5.32 Å². The Morgan fingerprint density at radius 2 is 1.79 bits per heavy atom. The monoisotopic (exact) mass is 262 g/mol. The molecule has 1 aromatic carbocycles. The van der Waals surface area contributed by atoms with Crippen molar-refractivity contribution in [2.75, 3.05) is 24.5 Å². The first-order valence-electron chi connectivity index (χ1n) is 7.72. The number of anilines is 1. The Bertz CT molecular complexity index is 330. The number of rotatable bonds is 9. The molecule has 0 bridgehead atoms. The molecule has 108 valence electrons. The topological polar surface area (TPSA) is 15.3 Å². The summed E-state index contributed by atoms with van der Waals surface area (Å²) in [7, 11) is 0. The number of hydrogen-bond donors (Lipinski definition) is 1. The number of unbranched alkanes of at least 4 members (excludes halogenated alkanes) is 1. The Morgan fingerprint density at radius 1 is 1.11 bits per heavy atom. The van der Waals surface area contributed by atoms with Gasteiger partial charge in [-0.25, -0.2) is 0 Å². The zero-order chi connectivity index (χ0) is 14.1. The molecule has 0 saturated heterocycles. The minimum absolute atomic E-state index is 0.712. The van der Waals surface area contributed by atoms with Crippen LogP contribution in [0.2, 0.25) is 0 Å². The quantitative estimate of drug-likeness (QED) is 0.722. The summed E-state index contributed by atoms with van der Waals surface area (Å²) >= 11 is 0. The third-order valence-corrected chi connectivity index (χ3v) is 3.35. The first-order chi connectivity index (χ1) is 9.17. The maximum absolute atomic E-state index is 3.48. The third kappa shape index (κ3) is 6.11. The average Bonchev–Trinajstić information content (AvgIpc) is 2.41. The van der Waals surface area contributed by atoms with Crippen LogP contribution in [0.3, 0.4) is 0 Å². The van der Waals surface area contributed by atoms with Gasteiger partial charge in [-0.3, -0.25) is 0 Å². The molecule has 0 aliphatic rings. The molecule has 0 fully saturated rings. The first-order valence-corrected chi connectivity index (χ1v) is 7.72. The van der Waals surface area contributed by atoms with Crippen LogP contribution in [-0.4, -0.2) is 19.6 Å². The van der Waals surface area contributed by atoms with Crippen LogP contribution < -0.4 is 10.2 Å². The second-order valence-corrected chi connectivity index (χ2v) is 5.62. The lowest BCUT2D eigenvalue weighted by Gasteiger charge is -2.23. The molecular weight excluding hydrogens is 232 g/mol. The summed E-state index contributed by atoms with van der Waals surface area (Å²) in [5.74, 6) is 0.712. The molecule has 2 nitrogen and oxygen atoms in total. The van der Waals surface area contributed by atoms with Crippen LogP contribution in [0, 0.1) is 5.92 Å². The average molecular weight is 262 g/mol. The van der Waals surface area contributed by atoms with Crippen molar-refractivity contribution in [3.8, 4) is 0 Å². The standard InChI is InChI=1S/C17H30N2/c1-5-7-12-19(6-2)17-10-8-16(9-11-17)14-18-13-15(3)4/h8-11,15,18H,5-7,12-14H2,1-4H3. The number of hydrogen-bond acceptors (Lipinski definition) is 2. The van der Waals surface area contributed by atoms with Gasteiger partial charge in [0.25, 0.3) is 0 Å². The number of benzene rings is 1. The Morgan fingerprint density at radius 3 is 2.32 bits per heavy atom. The van der Waals surface area contributed by atoms with Crippen molar-refractivity contribution in [1.29, 1.82) is 0 Å². The molecule has 0 aliphatic carbocycles. The summed E-state index contributed by atoms with van der Waals surface area (Å²) in [6.07, 6.45) is 2.53. The highest BCUT2D eigenvalue weighted by Crippen LogP contribution is 2.16. The lowest BCUT2D eigenvalue weighted by molar-refractivity contribution is 0.552. The molecule has 2 heteroatoms. The fourth-order valence-electron chi connectivity index (χ4n) is 2.15. The van der Waals surface area contributed by atoms with E-state index in [1.807, 2.05) is 0 Å². The molecule has 1 rings (SSSR count). The zero-order valence-corrected chi connectivity index (χ0v) is 13.1. The summed E-state index contributed by atoms with van der Waals surface area (Å²) in [6, 6.07) is 9.01. The van der Waals surface area contributed by atoms with E-state index in [0.29, 0.717) is 5.92 Å². The highest BCUT2D eigenvalue weighted by Gasteiger charge is 2.03. The van der Waals surface area contributed by atoms with Crippen LogP contribution in [0.4, 0.5) is 5.69 Å². The minimum atomic E-state index is 0.712. The fourth-order valence-corrected chi connectivity index (χ4v) is 2.15. The lowest BCUT2D eigenvalue weighted by Crippen LogP contribution is -2.23. The smallest absolute Gasteiger partial charge is 0.0366 e. The van der Waals surface area contributed by atoms with Crippen LogP contribution in [0.5, 0.6) is 0 Å². The minimum Gasteiger partial charge on any atom is -0.372 e. The van der Waals surface area contributed by atoms with Crippen molar-refractivity contribution in [3.63, 3.8) is 0 Å². The molecule has 0 heterocycles.